The van der Waals surface area contributed by atoms with Crippen LogP contribution >= 0.6 is 0 Å². The third kappa shape index (κ3) is 4.03. The van der Waals surface area contributed by atoms with Gasteiger partial charge < -0.3 is 5.32 Å². The summed E-state index contributed by atoms with van der Waals surface area (Å²) in [5.41, 5.74) is 0. The summed E-state index contributed by atoms with van der Waals surface area (Å²) in [6, 6.07) is 0.961. The van der Waals surface area contributed by atoms with Crippen LogP contribution in [0.4, 0.5) is 0 Å². The maximum absolute atomic E-state index is 4.36. The van der Waals surface area contributed by atoms with Crippen molar-refractivity contribution >= 4 is 0 Å². The van der Waals surface area contributed by atoms with Gasteiger partial charge in [-0.25, -0.2) is 9.67 Å². The lowest BCUT2D eigenvalue weighted by molar-refractivity contribution is 0.330. The third-order valence-electron chi connectivity index (χ3n) is 4.33. The Morgan fingerprint density at radius 3 is 2.53 bits per heavy atom. The smallest absolute Gasteiger partial charge is 0.141 e. The van der Waals surface area contributed by atoms with Crippen LogP contribution in [0.3, 0.4) is 0 Å². The van der Waals surface area contributed by atoms with Gasteiger partial charge in [-0.3, -0.25) is 0 Å². The van der Waals surface area contributed by atoms with Gasteiger partial charge >= 0.3 is 0 Å². The molecule has 1 aliphatic rings. The van der Waals surface area contributed by atoms with Crippen molar-refractivity contribution in [2.24, 2.45) is 5.92 Å². The van der Waals surface area contributed by atoms with Gasteiger partial charge in [-0.1, -0.05) is 25.7 Å². The number of nitrogens with zero attached hydrogens (tertiary/aromatic N) is 3. The first kappa shape index (κ1) is 14.5. The summed E-state index contributed by atoms with van der Waals surface area (Å²) in [6.45, 7) is 7.45. The Morgan fingerprint density at radius 1 is 1.21 bits per heavy atom. The molecule has 1 fully saturated rings. The molecule has 0 radical (unpaired) electrons. The van der Waals surface area contributed by atoms with E-state index in [0.29, 0.717) is 12.1 Å². The summed E-state index contributed by atoms with van der Waals surface area (Å²) >= 11 is 0. The van der Waals surface area contributed by atoms with Gasteiger partial charge in [0.05, 0.1) is 6.54 Å². The number of hydrogen-bond donors (Lipinski definition) is 1. The molecule has 0 saturated heterocycles. The maximum Gasteiger partial charge on any atom is 0.141 e. The maximum atomic E-state index is 4.36. The molecule has 4 nitrogen and oxygen atoms in total. The molecule has 1 saturated carbocycles. The fourth-order valence-electron chi connectivity index (χ4n) is 3.06. The van der Waals surface area contributed by atoms with Gasteiger partial charge in [0.15, 0.2) is 0 Å². The van der Waals surface area contributed by atoms with Crippen LogP contribution in [0.1, 0.15) is 71.2 Å². The number of aromatic nitrogens is 3. The summed E-state index contributed by atoms with van der Waals surface area (Å²) in [4.78, 5) is 4.36. The SMILES string of the molecule is CC(C)n1ncnc1CN[C@@H](C)C1CCCCCC1. The molecule has 0 amide bonds. The van der Waals surface area contributed by atoms with E-state index in [1.807, 2.05) is 4.68 Å². The lowest BCUT2D eigenvalue weighted by Gasteiger charge is -2.23. The average molecular weight is 264 g/mol. The fourth-order valence-corrected chi connectivity index (χ4v) is 3.06. The monoisotopic (exact) mass is 264 g/mol. The van der Waals surface area contributed by atoms with Crippen molar-refractivity contribution in [2.45, 2.75) is 77.9 Å². The van der Waals surface area contributed by atoms with Gasteiger partial charge in [0.25, 0.3) is 0 Å². The minimum Gasteiger partial charge on any atom is -0.307 e. The van der Waals surface area contributed by atoms with E-state index >= 15 is 0 Å². The van der Waals surface area contributed by atoms with Crippen molar-refractivity contribution < 1.29 is 0 Å². The number of rotatable bonds is 5. The van der Waals surface area contributed by atoms with Crippen LogP contribution in [-0.4, -0.2) is 20.8 Å². The molecule has 1 aliphatic carbocycles. The fraction of sp³-hybridized carbons (Fsp3) is 0.867. The van der Waals surface area contributed by atoms with Crippen molar-refractivity contribution in [3.05, 3.63) is 12.2 Å². The summed E-state index contributed by atoms with van der Waals surface area (Å²) in [7, 11) is 0. The highest BCUT2D eigenvalue weighted by atomic mass is 15.4. The van der Waals surface area contributed by atoms with Crippen molar-refractivity contribution in [1.29, 1.82) is 0 Å². The number of hydrogen-bond acceptors (Lipinski definition) is 3. The van der Waals surface area contributed by atoms with Gasteiger partial charge in [-0.15, -0.1) is 0 Å². The van der Waals surface area contributed by atoms with E-state index in [1.165, 1.54) is 38.5 Å². The summed E-state index contributed by atoms with van der Waals surface area (Å²) in [5, 5.41) is 7.94. The summed E-state index contributed by atoms with van der Waals surface area (Å²) in [5.74, 6) is 1.88. The molecular formula is C15H28N4. The second kappa shape index (κ2) is 7.04. The van der Waals surface area contributed by atoms with E-state index in [1.54, 1.807) is 6.33 Å². The predicted molar refractivity (Wildman–Crippen MR) is 77.9 cm³/mol. The van der Waals surface area contributed by atoms with Gasteiger partial charge in [-0.05, 0) is 39.5 Å². The molecule has 2 rings (SSSR count). The Morgan fingerprint density at radius 2 is 1.89 bits per heavy atom. The first-order valence-electron chi connectivity index (χ1n) is 7.80. The Kier molecular flexibility index (Phi) is 5.37. The molecule has 0 unspecified atom stereocenters. The predicted octanol–water partition coefficient (Wildman–Crippen LogP) is 3.31. The van der Waals surface area contributed by atoms with Crippen LogP contribution < -0.4 is 5.32 Å². The highest BCUT2D eigenvalue weighted by Gasteiger charge is 2.19. The van der Waals surface area contributed by atoms with Crippen LogP contribution in [-0.2, 0) is 6.54 Å². The van der Waals surface area contributed by atoms with Gasteiger partial charge in [0.2, 0.25) is 0 Å². The average Bonchev–Trinajstić information content (AvgIpc) is 2.69. The van der Waals surface area contributed by atoms with E-state index in [9.17, 15) is 0 Å². The highest BCUT2D eigenvalue weighted by Crippen LogP contribution is 2.25. The molecule has 1 aromatic heterocycles. The van der Waals surface area contributed by atoms with Crippen LogP contribution in [0.2, 0.25) is 0 Å². The van der Waals surface area contributed by atoms with Crippen LogP contribution in [0.25, 0.3) is 0 Å². The molecule has 108 valence electrons. The Bertz CT molecular complexity index is 364. The van der Waals surface area contributed by atoms with Gasteiger partial charge in [0.1, 0.15) is 12.2 Å². The first-order valence-corrected chi connectivity index (χ1v) is 7.80. The molecule has 0 spiro atoms. The first-order chi connectivity index (χ1) is 9.18. The molecule has 1 atom stereocenters. The normalized spacial score (nSPS) is 19.6. The zero-order chi connectivity index (χ0) is 13.7. The van der Waals surface area contributed by atoms with Crippen molar-refractivity contribution in [3.8, 4) is 0 Å². The van der Waals surface area contributed by atoms with E-state index in [4.69, 9.17) is 0 Å². The van der Waals surface area contributed by atoms with E-state index in [0.717, 1.165) is 18.3 Å². The molecule has 1 N–H and O–H groups in total. The van der Waals surface area contributed by atoms with Crippen LogP contribution in [0, 0.1) is 5.92 Å². The van der Waals surface area contributed by atoms with Gasteiger partial charge in [-0.2, -0.15) is 5.10 Å². The van der Waals surface area contributed by atoms with Crippen molar-refractivity contribution in [2.75, 3.05) is 0 Å². The molecule has 1 aromatic rings. The minimum atomic E-state index is 0.382. The van der Waals surface area contributed by atoms with Gasteiger partial charge in [0, 0.05) is 12.1 Å². The summed E-state index contributed by atoms with van der Waals surface area (Å²) in [6.07, 6.45) is 10.1. The molecule has 0 aliphatic heterocycles. The molecule has 0 aromatic carbocycles. The zero-order valence-electron chi connectivity index (χ0n) is 12.6. The van der Waals surface area contributed by atoms with Crippen LogP contribution in [0.5, 0.6) is 0 Å². The molecular weight excluding hydrogens is 236 g/mol. The quantitative estimate of drug-likeness (QED) is 0.830. The lowest BCUT2D eigenvalue weighted by atomic mass is 9.93. The molecule has 1 heterocycles. The van der Waals surface area contributed by atoms with E-state index in [2.05, 4.69) is 36.2 Å². The lowest BCUT2D eigenvalue weighted by Crippen LogP contribution is -2.34. The Hall–Kier alpha value is -0.900. The van der Waals surface area contributed by atoms with Crippen molar-refractivity contribution in [3.63, 3.8) is 0 Å². The van der Waals surface area contributed by atoms with E-state index < -0.39 is 0 Å². The Labute approximate surface area is 117 Å². The molecule has 4 heteroatoms. The summed E-state index contributed by atoms with van der Waals surface area (Å²) < 4.78 is 2.01. The highest BCUT2D eigenvalue weighted by molar-refractivity contribution is 4.87. The number of nitrogens with one attached hydrogen (secondary N) is 1. The topological polar surface area (TPSA) is 42.7 Å². The second-order valence-electron chi connectivity index (χ2n) is 6.14. The second-order valence-corrected chi connectivity index (χ2v) is 6.14. The third-order valence-corrected chi connectivity index (χ3v) is 4.33. The zero-order valence-corrected chi connectivity index (χ0v) is 12.6. The van der Waals surface area contributed by atoms with E-state index in [-0.39, 0.29) is 0 Å². The van der Waals surface area contributed by atoms with Crippen LogP contribution in [0.15, 0.2) is 6.33 Å². The molecule has 0 bridgehead atoms. The largest absolute Gasteiger partial charge is 0.307 e. The standard InChI is InChI=1S/C15H28N4/c1-12(2)19-15(17-11-18-19)10-16-13(3)14-8-6-4-5-7-9-14/h11-14,16H,4-10H2,1-3H3/t13-/m0/s1. The molecule has 19 heavy (non-hydrogen) atoms. The Balaban J connectivity index is 1.85. The minimum absolute atomic E-state index is 0.382. The van der Waals surface area contributed by atoms with Crippen molar-refractivity contribution in [1.82, 2.24) is 20.1 Å².